The predicted molar refractivity (Wildman–Crippen MR) is 65.0 cm³/mol. The summed E-state index contributed by atoms with van der Waals surface area (Å²) < 4.78 is 10.5. The molecule has 0 saturated carbocycles. The summed E-state index contributed by atoms with van der Waals surface area (Å²) in [5.74, 6) is 0.0209. The zero-order valence-corrected chi connectivity index (χ0v) is 9.80. The maximum absolute atomic E-state index is 11.8. The number of fused-ring (bicyclic) bond motifs is 1. The van der Waals surface area contributed by atoms with Crippen LogP contribution in [0.15, 0.2) is 33.5 Å². The molecule has 0 unspecified atom stereocenters. The molecule has 5 nitrogen and oxygen atoms in total. The molecule has 1 aromatic heterocycles. The summed E-state index contributed by atoms with van der Waals surface area (Å²) in [6, 6.07) is 6.25. The van der Waals surface area contributed by atoms with Gasteiger partial charge in [-0.25, -0.2) is 0 Å². The van der Waals surface area contributed by atoms with Crippen LogP contribution in [0.2, 0.25) is 0 Å². The van der Waals surface area contributed by atoms with E-state index in [1.54, 1.807) is 18.2 Å². The van der Waals surface area contributed by atoms with Crippen molar-refractivity contribution in [3.05, 3.63) is 40.2 Å². The highest BCUT2D eigenvalue weighted by atomic mass is 16.5. The molecule has 0 aliphatic carbocycles. The van der Waals surface area contributed by atoms with Crippen LogP contribution < -0.4 is 10.2 Å². The van der Waals surface area contributed by atoms with Crippen LogP contribution in [0.4, 0.5) is 0 Å². The first-order valence-electron chi connectivity index (χ1n) is 5.42. The summed E-state index contributed by atoms with van der Waals surface area (Å²) in [7, 11) is 1.52. The minimum atomic E-state index is -0.927. The fraction of sp³-hybridized carbons (Fsp3) is 0.231. The van der Waals surface area contributed by atoms with Crippen molar-refractivity contribution in [2.24, 2.45) is 0 Å². The molecule has 2 rings (SSSR count). The van der Waals surface area contributed by atoms with Crippen LogP contribution in [0.3, 0.4) is 0 Å². The molecular formula is C13H12O5. The monoisotopic (exact) mass is 248 g/mol. The molecule has 0 aliphatic rings. The topological polar surface area (TPSA) is 76.7 Å². The first kappa shape index (κ1) is 12.2. The lowest BCUT2D eigenvalue weighted by Gasteiger charge is -2.03. The first-order valence-corrected chi connectivity index (χ1v) is 5.42. The van der Waals surface area contributed by atoms with Gasteiger partial charge in [0.25, 0.3) is 0 Å². The van der Waals surface area contributed by atoms with Crippen molar-refractivity contribution >= 4 is 16.9 Å². The normalized spacial score (nSPS) is 10.5. The SMILES string of the molecule is COc1ccc2c(=O)cc(CCC(=O)O)oc2c1. The van der Waals surface area contributed by atoms with E-state index >= 15 is 0 Å². The number of aryl methyl sites for hydroxylation is 1. The lowest BCUT2D eigenvalue weighted by molar-refractivity contribution is -0.137. The van der Waals surface area contributed by atoms with Gasteiger partial charge in [0.15, 0.2) is 5.43 Å². The van der Waals surface area contributed by atoms with E-state index in [0.717, 1.165) is 0 Å². The van der Waals surface area contributed by atoms with Crippen LogP contribution in [0.25, 0.3) is 11.0 Å². The third-order valence-electron chi connectivity index (χ3n) is 2.57. The van der Waals surface area contributed by atoms with E-state index in [4.69, 9.17) is 14.3 Å². The number of rotatable bonds is 4. The number of hydrogen-bond acceptors (Lipinski definition) is 4. The maximum Gasteiger partial charge on any atom is 0.303 e. The number of methoxy groups -OCH3 is 1. The fourth-order valence-corrected chi connectivity index (χ4v) is 1.67. The molecule has 0 bridgehead atoms. The van der Waals surface area contributed by atoms with Gasteiger partial charge in [0.05, 0.1) is 18.9 Å². The largest absolute Gasteiger partial charge is 0.497 e. The van der Waals surface area contributed by atoms with E-state index in [2.05, 4.69) is 0 Å². The smallest absolute Gasteiger partial charge is 0.303 e. The quantitative estimate of drug-likeness (QED) is 0.893. The molecule has 0 aliphatic heterocycles. The fourth-order valence-electron chi connectivity index (χ4n) is 1.67. The van der Waals surface area contributed by atoms with Crippen LogP contribution in [0, 0.1) is 0 Å². The van der Waals surface area contributed by atoms with Gasteiger partial charge in [-0.1, -0.05) is 0 Å². The summed E-state index contributed by atoms with van der Waals surface area (Å²) in [5, 5.41) is 9.05. The second-order valence-corrected chi connectivity index (χ2v) is 3.83. The van der Waals surface area contributed by atoms with Gasteiger partial charge in [-0.3, -0.25) is 9.59 Å². The Kier molecular flexibility index (Phi) is 3.32. The lowest BCUT2D eigenvalue weighted by Crippen LogP contribution is -2.04. The van der Waals surface area contributed by atoms with E-state index in [0.29, 0.717) is 22.5 Å². The van der Waals surface area contributed by atoms with Crippen LogP contribution in [0.5, 0.6) is 5.75 Å². The van der Waals surface area contributed by atoms with Gasteiger partial charge in [0.2, 0.25) is 0 Å². The van der Waals surface area contributed by atoms with Crippen molar-refractivity contribution in [3.8, 4) is 5.75 Å². The Morgan fingerprint density at radius 3 is 2.83 bits per heavy atom. The van der Waals surface area contributed by atoms with Gasteiger partial charge in [0, 0.05) is 18.6 Å². The van der Waals surface area contributed by atoms with E-state index in [-0.39, 0.29) is 18.3 Å². The zero-order chi connectivity index (χ0) is 13.1. The van der Waals surface area contributed by atoms with Crippen molar-refractivity contribution < 1.29 is 19.1 Å². The second kappa shape index (κ2) is 4.91. The van der Waals surface area contributed by atoms with Crippen molar-refractivity contribution in [2.45, 2.75) is 12.8 Å². The number of carboxylic acids is 1. The van der Waals surface area contributed by atoms with Crippen molar-refractivity contribution in [1.29, 1.82) is 0 Å². The molecule has 1 heterocycles. The molecule has 0 amide bonds. The van der Waals surface area contributed by atoms with Gasteiger partial charge in [-0.05, 0) is 12.1 Å². The average molecular weight is 248 g/mol. The number of benzene rings is 1. The molecule has 0 fully saturated rings. The summed E-state index contributed by atoms with van der Waals surface area (Å²) >= 11 is 0. The molecule has 2 aromatic rings. The van der Waals surface area contributed by atoms with Gasteiger partial charge in [0.1, 0.15) is 17.1 Å². The zero-order valence-electron chi connectivity index (χ0n) is 9.80. The van der Waals surface area contributed by atoms with Crippen molar-refractivity contribution in [1.82, 2.24) is 0 Å². The lowest BCUT2D eigenvalue weighted by atomic mass is 10.2. The van der Waals surface area contributed by atoms with E-state index in [1.165, 1.54) is 13.2 Å². The van der Waals surface area contributed by atoms with E-state index < -0.39 is 5.97 Å². The summed E-state index contributed by atoms with van der Waals surface area (Å²) in [6.07, 6.45) is 0.121. The number of aliphatic carboxylic acids is 1. The molecular weight excluding hydrogens is 236 g/mol. The molecule has 5 heteroatoms. The van der Waals surface area contributed by atoms with E-state index in [1.807, 2.05) is 0 Å². The molecule has 1 N–H and O–H groups in total. The second-order valence-electron chi connectivity index (χ2n) is 3.83. The van der Waals surface area contributed by atoms with Crippen LogP contribution in [0.1, 0.15) is 12.2 Å². The molecule has 18 heavy (non-hydrogen) atoms. The van der Waals surface area contributed by atoms with Crippen molar-refractivity contribution in [2.75, 3.05) is 7.11 Å². The minimum absolute atomic E-state index is 0.0710. The van der Waals surface area contributed by atoms with Crippen molar-refractivity contribution in [3.63, 3.8) is 0 Å². The highest BCUT2D eigenvalue weighted by molar-refractivity contribution is 5.78. The summed E-state index contributed by atoms with van der Waals surface area (Å²) in [6.45, 7) is 0. The molecule has 0 spiro atoms. The van der Waals surface area contributed by atoms with E-state index in [9.17, 15) is 9.59 Å². The highest BCUT2D eigenvalue weighted by Crippen LogP contribution is 2.19. The van der Waals surface area contributed by atoms with Crippen LogP contribution in [-0.4, -0.2) is 18.2 Å². The Balaban J connectivity index is 2.45. The van der Waals surface area contributed by atoms with Crippen LogP contribution in [-0.2, 0) is 11.2 Å². The van der Waals surface area contributed by atoms with Crippen LogP contribution >= 0.6 is 0 Å². The first-order chi connectivity index (χ1) is 8.60. The van der Waals surface area contributed by atoms with Gasteiger partial charge in [-0.15, -0.1) is 0 Å². The third kappa shape index (κ3) is 2.51. The van der Waals surface area contributed by atoms with Gasteiger partial charge >= 0.3 is 5.97 Å². The summed E-state index contributed by atoms with van der Waals surface area (Å²) in [5.41, 5.74) is 0.224. The molecule has 1 aromatic carbocycles. The standard InChI is InChI=1S/C13H12O5/c1-17-8-2-4-10-11(14)6-9(3-5-13(15)16)18-12(10)7-8/h2,4,6-7H,3,5H2,1H3,(H,15,16). The molecule has 0 saturated heterocycles. The number of ether oxygens (including phenoxy) is 1. The molecule has 94 valence electrons. The molecule has 0 radical (unpaired) electrons. The number of hydrogen-bond donors (Lipinski definition) is 1. The van der Waals surface area contributed by atoms with Gasteiger partial charge in [-0.2, -0.15) is 0 Å². The minimum Gasteiger partial charge on any atom is -0.497 e. The highest BCUT2D eigenvalue weighted by Gasteiger charge is 2.07. The Morgan fingerprint density at radius 2 is 2.17 bits per heavy atom. The van der Waals surface area contributed by atoms with Gasteiger partial charge < -0.3 is 14.3 Å². The Bertz CT molecular complexity index is 641. The Labute approximate surface area is 103 Å². The Hall–Kier alpha value is -2.30. The summed E-state index contributed by atoms with van der Waals surface area (Å²) in [4.78, 5) is 22.3. The number of carbonyl (C=O) groups is 1. The Morgan fingerprint density at radius 1 is 1.39 bits per heavy atom. The third-order valence-corrected chi connectivity index (χ3v) is 2.57. The average Bonchev–Trinajstić information content (AvgIpc) is 2.35. The molecule has 0 atom stereocenters. The maximum atomic E-state index is 11.8. The predicted octanol–water partition coefficient (Wildman–Crippen LogP) is 1.82. The number of carboxylic acid groups (broad SMARTS) is 1.